The maximum atomic E-state index is 13.4. The Balaban J connectivity index is 1.28. The van der Waals surface area contributed by atoms with Crippen molar-refractivity contribution < 1.29 is 4.79 Å². The van der Waals surface area contributed by atoms with Crippen LogP contribution in [0.1, 0.15) is 64.2 Å². The molecule has 0 unspecified atom stereocenters. The SMILES string of the molecule is O=C(N1CCC2(CCNCC2)CC1)C12CC3CC(CC(C3)C1)C2. The van der Waals surface area contributed by atoms with Gasteiger partial charge in [-0.1, -0.05) is 0 Å². The molecular formula is C20H32N2O. The molecule has 3 nitrogen and oxygen atoms in total. The monoisotopic (exact) mass is 316 g/mol. The van der Waals surface area contributed by atoms with Crippen LogP contribution >= 0.6 is 0 Å². The number of piperidine rings is 2. The number of hydrogen-bond acceptors (Lipinski definition) is 2. The van der Waals surface area contributed by atoms with Crippen molar-refractivity contribution in [1.29, 1.82) is 0 Å². The zero-order valence-corrected chi connectivity index (χ0v) is 14.5. The minimum atomic E-state index is 0.0768. The number of amides is 1. The summed E-state index contributed by atoms with van der Waals surface area (Å²) in [7, 11) is 0. The summed E-state index contributed by atoms with van der Waals surface area (Å²) in [6, 6.07) is 0. The van der Waals surface area contributed by atoms with Crippen LogP contribution in [0.3, 0.4) is 0 Å². The lowest BCUT2D eigenvalue weighted by molar-refractivity contribution is -0.160. The molecule has 23 heavy (non-hydrogen) atoms. The number of nitrogens with zero attached hydrogens (tertiary/aromatic N) is 1. The summed E-state index contributed by atoms with van der Waals surface area (Å²) >= 11 is 0. The van der Waals surface area contributed by atoms with Gasteiger partial charge in [0.15, 0.2) is 0 Å². The van der Waals surface area contributed by atoms with Gasteiger partial charge < -0.3 is 10.2 Å². The fraction of sp³-hybridized carbons (Fsp3) is 0.950. The number of rotatable bonds is 1. The molecule has 1 N–H and O–H groups in total. The van der Waals surface area contributed by atoms with E-state index in [-0.39, 0.29) is 5.41 Å². The van der Waals surface area contributed by atoms with Crippen LogP contribution in [0.5, 0.6) is 0 Å². The van der Waals surface area contributed by atoms with Crippen LogP contribution in [0.15, 0.2) is 0 Å². The van der Waals surface area contributed by atoms with Gasteiger partial charge in [0, 0.05) is 13.1 Å². The molecule has 128 valence electrons. The van der Waals surface area contributed by atoms with Gasteiger partial charge in [-0.25, -0.2) is 0 Å². The molecule has 6 rings (SSSR count). The molecular weight excluding hydrogens is 284 g/mol. The number of nitrogens with one attached hydrogen (secondary N) is 1. The van der Waals surface area contributed by atoms with E-state index in [0.717, 1.165) is 30.8 Å². The number of likely N-dealkylation sites (tertiary alicyclic amines) is 1. The Morgan fingerprint density at radius 2 is 1.35 bits per heavy atom. The highest BCUT2D eigenvalue weighted by Crippen LogP contribution is 2.60. The van der Waals surface area contributed by atoms with Gasteiger partial charge in [0.05, 0.1) is 5.41 Å². The van der Waals surface area contributed by atoms with Crippen LogP contribution in [0.4, 0.5) is 0 Å². The van der Waals surface area contributed by atoms with Gasteiger partial charge in [-0.2, -0.15) is 0 Å². The molecule has 4 bridgehead atoms. The Bertz CT molecular complexity index is 449. The number of carbonyl (C=O) groups excluding carboxylic acids is 1. The lowest BCUT2D eigenvalue weighted by Crippen LogP contribution is -2.57. The highest BCUT2D eigenvalue weighted by atomic mass is 16.2. The fourth-order valence-corrected chi connectivity index (χ4v) is 7.35. The molecule has 4 aliphatic carbocycles. The van der Waals surface area contributed by atoms with Crippen LogP contribution in [-0.4, -0.2) is 37.0 Å². The van der Waals surface area contributed by atoms with Gasteiger partial charge in [-0.15, -0.1) is 0 Å². The Labute approximate surface area is 140 Å². The molecule has 2 saturated heterocycles. The smallest absolute Gasteiger partial charge is 0.228 e. The maximum absolute atomic E-state index is 13.4. The van der Waals surface area contributed by atoms with Gasteiger partial charge in [0.1, 0.15) is 0 Å². The summed E-state index contributed by atoms with van der Waals surface area (Å²) in [5, 5.41) is 3.50. The van der Waals surface area contributed by atoms with E-state index < -0.39 is 0 Å². The first-order valence-electron chi connectivity index (χ1n) is 10.2. The molecule has 6 fully saturated rings. The maximum Gasteiger partial charge on any atom is 0.228 e. The minimum Gasteiger partial charge on any atom is -0.342 e. The van der Waals surface area contributed by atoms with Crippen LogP contribution in [0.25, 0.3) is 0 Å². The molecule has 1 amide bonds. The largest absolute Gasteiger partial charge is 0.342 e. The first-order chi connectivity index (χ1) is 11.2. The van der Waals surface area contributed by atoms with E-state index in [9.17, 15) is 4.79 Å². The second-order valence-corrected chi connectivity index (χ2v) is 9.74. The van der Waals surface area contributed by atoms with Crippen molar-refractivity contribution in [2.75, 3.05) is 26.2 Å². The van der Waals surface area contributed by atoms with Gasteiger partial charge in [0.25, 0.3) is 0 Å². The van der Waals surface area contributed by atoms with Crippen molar-refractivity contribution in [3.63, 3.8) is 0 Å². The molecule has 6 aliphatic rings. The molecule has 0 radical (unpaired) electrons. The predicted molar refractivity (Wildman–Crippen MR) is 91.0 cm³/mol. The quantitative estimate of drug-likeness (QED) is 0.806. The Morgan fingerprint density at radius 1 is 0.826 bits per heavy atom. The van der Waals surface area contributed by atoms with E-state index in [1.54, 1.807) is 0 Å². The van der Waals surface area contributed by atoms with Gasteiger partial charge in [-0.05, 0) is 100 Å². The molecule has 2 aliphatic heterocycles. The lowest BCUT2D eigenvalue weighted by atomic mass is 9.49. The van der Waals surface area contributed by atoms with E-state index in [0.29, 0.717) is 11.3 Å². The van der Waals surface area contributed by atoms with Crippen molar-refractivity contribution in [1.82, 2.24) is 10.2 Å². The van der Waals surface area contributed by atoms with E-state index in [4.69, 9.17) is 0 Å². The summed E-state index contributed by atoms with van der Waals surface area (Å²) in [5.74, 6) is 3.21. The second kappa shape index (κ2) is 5.21. The summed E-state index contributed by atoms with van der Waals surface area (Å²) < 4.78 is 0. The van der Waals surface area contributed by atoms with Crippen molar-refractivity contribution in [3.05, 3.63) is 0 Å². The van der Waals surface area contributed by atoms with Crippen molar-refractivity contribution >= 4 is 5.91 Å². The second-order valence-electron chi connectivity index (χ2n) is 9.74. The highest BCUT2D eigenvalue weighted by Gasteiger charge is 2.56. The average molecular weight is 316 g/mol. The van der Waals surface area contributed by atoms with E-state index >= 15 is 0 Å². The van der Waals surface area contributed by atoms with Gasteiger partial charge in [0.2, 0.25) is 5.91 Å². The van der Waals surface area contributed by atoms with Crippen molar-refractivity contribution in [3.8, 4) is 0 Å². The standard InChI is InChI=1S/C20H32N2O/c23-18(20-12-15-9-16(13-20)11-17(10-15)14-20)22-7-3-19(4-8-22)1-5-21-6-2-19/h15-17,21H,1-14H2. The van der Waals surface area contributed by atoms with Crippen LogP contribution in [-0.2, 0) is 4.79 Å². The summed E-state index contributed by atoms with van der Waals surface area (Å²) in [4.78, 5) is 15.7. The molecule has 0 aromatic heterocycles. The third kappa shape index (κ3) is 2.37. The number of carbonyl (C=O) groups is 1. The number of hydrogen-bond donors (Lipinski definition) is 1. The topological polar surface area (TPSA) is 32.3 Å². The summed E-state index contributed by atoms with van der Waals surface area (Å²) in [5.41, 5.74) is 0.636. The summed E-state index contributed by atoms with van der Waals surface area (Å²) in [6.07, 6.45) is 13.1. The highest BCUT2D eigenvalue weighted by molar-refractivity contribution is 5.83. The molecule has 0 aromatic carbocycles. The van der Waals surface area contributed by atoms with E-state index in [1.165, 1.54) is 77.3 Å². The third-order valence-electron chi connectivity index (χ3n) is 8.27. The lowest BCUT2D eigenvalue weighted by Gasteiger charge is -2.57. The van der Waals surface area contributed by atoms with Crippen LogP contribution < -0.4 is 5.32 Å². The van der Waals surface area contributed by atoms with Crippen LogP contribution in [0, 0.1) is 28.6 Å². The Hall–Kier alpha value is -0.570. The van der Waals surface area contributed by atoms with Crippen molar-refractivity contribution in [2.24, 2.45) is 28.6 Å². The molecule has 1 spiro atoms. The van der Waals surface area contributed by atoms with Gasteiger partial charge >= 0.3 is 0 Å². The predicted octanol–water partition coefficient (Wildman–Crippen LogP) is 3.20. The normalized spacial score (nSPS) is 44.7. The Kier molecular flexibility index (Phi) is 3.34. The molecule has 4 saturated carbocycles. The zero-order valence-electron chi connectivity index (χ0n) is 14.5. The third-order valence-corrected chi connectivity index (χ3v) is 8.27. The van der Waals surface area contributed by atoms with Crippen molar-refractivity contribution in [2.45, 2.75) is 64.2 Å². The van der Waals surface area contributed by atoms with E-state index in [2.05, 4.69) is 10.2 Å². The molecule has 0 atom stereocenters. The first-order valence-corrected chi connectivity index (χ1v) is 10.2. The Morgan fingerprint density at radius 3 is 1.87 bits per heavy atom. The van der Waals surface area contributed by atoms with Crippen LogP contribution in [0.2, 0.25) is 0 Å². The molecule has 0 aromatic rings. The molecule has 3 heteroatoms. The van der Waals surface area contributed by atoms with E-state index in [1.807, 2.05) is 0 Å². The van der Waals surface area contributed by atoms with Gasteiger partial charge in [-0.3, -0.25) is 4.79 Å². The fourth-order valence-electron chi connectivity index (χ4n) is 7.35. The molecule has 2 heterocycles. The zero-order chi connectivity index (χ0) is 15.5. The minimum absolute atomic E-state index is 0.0768. The first kappa shape index (κ1) is 14.7. The summed E-state index contributed by atoms with van der Waals surface area (Å²) in [6.45, 7) is 4.45. The average Bonchev–Trinajstić information content (AvgIpc) is 2.54.